The van der Waals surface area contributed by atoms with Crippen LogP contribution in [0.25, 0.3) is 0 Å². The Balaban J connectivity index is 0.00000133. The van der Waals surface area contributed by atoms with Crippen LogP contribution in [0.5, 0.6) is 0 Å². The van der Waals surface area contributed by atoms with Gasteiger partial charge in [-0.3, -0.25) is 4.79 Å². The highest BCUT2D eigenvalue weighted by Gasteiger charge is 2.26. The Morgan fingerprint density at radius 3 is 2.47 bits per heavy atom. The summed E-state index contributed by atoms with van der Waals surface area (Å²) in [7, 11) is 0. The van der Waals surface area contributed by atoms with Gasteiger partial charge in [0.2, 0.25) is 5.91 Å². The third-order valence-electron chi connectivity index (χ3n) is 4.07. The summed E-state index contributed by atoms with van der Waals surface area (Å²) < 4.78 is 0. The Hall–Kier alpha value is -1.06. The molecule has 0 unspecified atom stereocenters. The number of fused-ring (bicyclic) bond motifs is 1. The fourth-order valence-electron chi connectivity index (χ4n) is 3.06. The van der Waals surface area contributed by atoms with Crippen molar-refractivity contribution in [3.63, 3.8) is 0 Å². The fourth-order valence-corrected chi connectivity index (χ4v) is 3.06. The van der Waals surface area contributed by atoms with Crippen molar-refractivity contribution in [1.82, 2.24) is 10.6 Å². The molecule has 0 radical (unpaired) electrons. The molecule has 0 saturated carbocycles. The lowest BCUT2D eigenvalue weighted by Crippen LogP contribution is -2.44. The molecule has 1 atom stereocenters. The molecule has 2 N–H and O–H groups in total. The van der Waals surface area contributed by atoms with E-state index in [1.807, 2.05) is 0 Å². The number of carbonyl (C=O) groups is 1. The van der Waals surface area contributed by atoms with Gasteiger partial charge in [-0.05, 0) is 43.4 Å². The van der Waals surface area contributed by atoms with Crippen LogP contribution in [-0.4, -0.2) is 25.0 Å². The predicted octanol–water partition coefficient (Wildman–Crippen LogP) is 1.69. The zero-order valence-electron chi connectivity index (χ0n) is 11.0. The summed E-state index contributed by atoms with van der Waals surface area (Å²) >= 11 is 0. The minimum absolute atomic E-state index is 0. The number of halogens is 1. The number of carbonyl (C=O) groups excluding carboxylic acids is 1. The lowest BCUT2D eigenvalue weighted by Gasteiger charge is -2.23. The van der Waals surface area contributed by atoms with Gasteiger partial charge in [-0.2, -0.15) is 0 Å². The van der Waals surface area contributed by atoms with Crippen LogP contribution in [0.2, 0.25) is 0 Å². The van der Waals surface area contributed by atoms with Gasteiger partial charge in [0, 0.05) is 12.6 Å². The average Bonchev–Trinajstić information content (AvgIpc) is 2.82. The molecule has 19 heavy (non-hydrogen) atoms. The molecule has 1 aliphatic carbocycles. The monoisotopic (exact) mass is 280 g/mol. The predicted molar refractivity (Wildman–Crippen MR) is 78.6 cm³/mol. The van der Waals surface area contributed by atoms with E-state index in [1.54, 1.807) is 0 Å². The van der Waals surface area contributed by atoms with Gasteiger partial charge in [0.05, 0.1) is 5.92 Å². The molecule has 104 valence electrons. The van der Waals surface area contributed by atoms with Crippen molar-refractivity contribution in [2.45, 2.75) is 31.7 Å². The van der Waals surface area contributed by atoms with E-state index in [0.717, 1.165) is 38.8 Å². The maximum Gasteiger partial charge on any atom is 0.224 e. The second-order valence-corrected chi connectivity index (χ2v) is 5.43. The summed E-state index contributed by atoms with van der Waals surface area (Å²) in [6.45, 7) is 1.89. The number of rotatable bonds is 2. The van der Waals surface area contributed by atoms with E-state index in [4.69, 9.17) is 0 Å². The van der Waals surface area contributed by atoms with Crippen LogP contribution in [0.1, 0.15) is 24.0 Å². The van der Waals surface area contributed by atoms with Gasteiger partial charge in [-0.15, -0.1) is 12.4 Å². The second kappa shape index (κ2) is 6.40. The van der Waals surface area contributed by atoms with Crippen molar-refractivity contribution in [3.8, 4) is 0 Å². The van der Waals surface area contributed by atoms with Crippen molar-refractivity contribution >= 4 is 18.3 Å². The molecule has 0 bridgehead atoms. The van der Waals surface area contributed by atoms with Gasteiger partial charge in [0.25, 0.3) is 0 Å². The topological polar surface area (TPSA) is 41.1 Å². The molecule has 0 spiro atoms. The Bertz CT molecular complexity index is 419. The van der Waals surface area contributed by atoms with Crippen molar-refractivity contribution in [1.29, 1.82) is 0 Å². The molecule has 2 aliphatic rings. The van der Waals surface area contributed by atoms with E-state index >= 15 is 0 Å². The number of benzene rings is 1. The first-order valence-electron chi connectivity index (χ1n) is 6.91. The van der Waals surface area contributed by atoms with Gasteiger partial charge in [0.15, 0.2) is 0 Å². The van der Waals surface area contributed by atoms with Crippen molar-refractivity contribution in [2.24, 2.45) is 5.92 Å². The number of hydrogen-bond acceptors (Lipinski definition) is 2. The summed E-state index contributed by atoms with van der Waals surface area (Å²) in [5.41, 5.74) is 2.79. The molecule has 1 fully saturated rings. The van der Waals surface area contributed by atoms with E-state index < -0.39 is 0 Å². The van der Waals surface area contributed by atoms with Crippen LogP contribution < -0.4 is 10.6 Å². The highest BCUT2D eigenvalue weighted by molar-refractivity contribution is 5.85. The fraction of sp³-hybridized carbons (Fsp3) is 0.533. The smallest absolute Gasteiger partial charge is 0.224 e. The number of nitrogens with one attached hydrogen (secondary N) is 2. The Kier molecular flexibility index (Phi) is 4.83. The van der Waals surface area contributed by atoms with E-state index in [1.165, 1.54) is 11.1 Å². The minimum Gasteiger partial charge on any atom is -0.352 e. The maximum absolute atomic E-state index is 12.2. The summed E-state index contributed by atoms with van der Waals surface area (Å²) in [6.07, 6.45) is 4.12. The van der Waals surface area contributed by atoms with Gasteiger partial charge in [-0.25, -0.2) is 0 Å². The molecule has 4 heteroatoms. The molecular weight excluding hydrogens is 260 g/mol. The average molecular weight is 281 g/mol. The van der Waals surface area contributed by atoms with Gasteiger partial charge in [-0.1, -0.05) is 24.3 Å². The standard InChI is InChI=1S/C15H20N2O.ClH/c18-15(13-6-3-7-16-10-13)17-14-8-11-4-1-2-5-12(11)9-14;/h1-2,4-5,13-14,16H,3,6-10H2,(H,17,18);1H/t13-;/m1./s1. The SMILES string of the molecule is Cl.O=C(NC1Cc2ccccc2C1)[C@@H]1CCCNC1. The molecular formula is C15H21ClN2O. The molecule has 1 amide bonds. The zero-order valence-corrected chi connectivity index (χ0v) is 11.8. The lowest BCUT2D eigenvalue weighted by atomic mass is 9.98. The number of amides is 1. The first-order valence-corrected chi connectivity index (χ1v) is 6.91. The quantitative estimate of drug-likeness (QED) is 0.866. The summed E-state index contributed by atoms with van der Waals surface area (Å²) in [5, 5.41) is 6.51. The summed E-state index contributed by atoms with van der Waals surface area (Å²) in [6, 6.07) is 8.80. The Labute approximate surface area is 120 Å². The maximum atomic E-state index is 12.2. The first-order chi connectivity index (χ1) is 8.83. The highest BCUT2D eigenvalue weighted by atomic mass is 35.5. The molecule has 1 aromatic carbocycles. The Morgan fingerprint density at radius 1 is 1.21 bits per heavy atom. The van der Waals surface area contributed by atoms with Crippen molar-refractivity contribution < 1.29 is 4.79 Å². The summed E-state index contributed by atoms with van der Waals surface area (Å²) in [5.74, 6) is 0.405. The lowest BCUT2D eigenvalue weighted by molar-refractivity contribution is -0.126. The van der Waals surface area contributed by atoms with Gasteiger partial charge in [0.1, 0.15) is 0 Å². The zero-order chi connectivity index (χ0) is 12.4. The molecule has 1 aromatic rings. The molecule has 3 nitrogen and oxygen atoms in total. The van der Waals surface area contributed by atoms with Crippen molar-refractivity contribution in [2.75, 3.05) is 13.1 Å². The van der Waals surface area contributed by atoms with Crippen LogP contribution >= 0.6 is 12.4 Å². The van der Waals surface area contributed by atoms with E-state index in [-0.39, 0.29) is 24.2 Å². The van der Waals surface area contributed by atoms with Gasteiger partial charge >= 0.3 is 0 Å². The van der Waals surface area contributed by atoms with Crippen LogP contribution in [0.15, 0.2) is 24.3 Å². The van der Waals surface area contributed by atoms with Crippen LogP contribution in [0.3, 0.4) is 0 Å². The highest BCUT2D eigenvalue weighted by Crippen LogP contribution is 2.22. The molecule has 3 rings (SSSR count). The third kappa shape index (κ3) is 3.28. The van der Waals surface area contributed by atoms with E-state index in [0.29, 0.717) is 6.04 Å². The van der Waals surface area contributed by atoms with E-state index in [9.17, 15) is 4.79 Å². The molecule has 0 aromatic heterocycles. The normalized spacial score (nSPS) is 22.4. The van der Waals surface area contributed by atoms with Crippen LogP contribution in [-0.2, 0) is 17.6 Å². The molecule has 1 aliphatic heterocycles. The second-order valence-electron chi connectivity index (χ2n) is 5.43. The van der Waals surface area contributed by atoms with Crippen molar-refractivity contribution in [3.05, 3.63) is 35.4 Å². The van der Waals surface area contributed by atoms with Gasteiger partial charge < -0.3 is 10.6 Å². The van der Waals surface area contributed by atoms with E-state index in [2.05, 4.69) is 34.9 Å². The summed E-state index contributed by atoms with van der Waals surface area (Å²) in [4.78, 5) is 12.2. The largest absolute Gasteiger partial charge is 0.352 e. The molecule has 1 heterocycles. The first kappa shape index (κ1) is 14.4. The van der Waals surface area contributed by atoms with Crippen LogP contribution in [0, 0.1) is 5.92 Å². The third-order valence-corrected chi connectivity index (χ3v) is 4.07. The number of piperidine rings is 1. The minimum atomic E-state index is 0. The number of hydrogen-bond donors (Lipinski definition) is 2. The Morgan fingerprint density at radius 2 is 1.89 bits per heavy atom. The van der Waals surface area contributed by atoms with Crippen LogP contribution in [0.4, 0.5) is 0 Å². The molecule has 1 saturated heterocycles.